The van der Waals surface area contributed by atoms with Crippen LogP contribution in [0.4, 0.5) is 5.69 Å². The summed E-state index contributed by atoms with van der Waals surface area (Å²) >= 11 is 5.96. The Morgan fingerprint density at radius 1 is 1.22 bits per heavy atom. The van der Waals surface area contributed by atoms with E-state index in [2.05, 4.69) is 4.98 Å². The zero-order chi connectivity index (χ0) is 20.5. The van der Waals surface area contributed by atoms with Gasteiger partial charge in [0.1, 0.15) is 11.3 Å². The predicted octanol–water partition coefficient (Wildman–Crippen LogP) is 3.51. The summed E-state index contributed by atoms with van der Waals surface area (Å²) in [5.74, 6) is -1.18. The summed E-state index contributed by atoms with van der Waals surface area (Å²) in [5.41, 5.74) is 7.83. The number of Topliss-reactive ketones (excluding diaryl/α,β-unsaturated/α-hetero) is 2. The van der Waals surface area contributed by atoms with Crippen molar-refractivity contribution in [2.24, 2.45) is 0 Å². The van der Waals surface area contributed by atoms with Crippen LogP contribution >= 0.6 is 11.6 Å². The molecule has 0 aliphatic rings. The van der Waals surface area contributed by atoms with Crippen LogP contribution in [0.15, 0.2) is 12.1 Å². The molecule has 144 valence electrons. The highest BCUT2D eigenvalue weighted by Gasteiger charge is 2.27. The van der Waals surface area contributed by atoms with Gasteiger partial charge in [-0.05, 0) is 39.3 Å². The second-order valence-electron chi connectivity index (χ2n) is 6.17. The van der Waals surface area contributed by atoms with E-state index in [4.69, 9.17) is 26.8 Å². The van der Waals surface area contributed by atoms with Crippen LogP contribution in [-0.2, 0) is 4.74 Å². The molecule has 27 heavy (non-hydrogen) atoms. The molecule has 1 atom stereocenters. The zero-order valence-corrected chi connectivity index (χ0v) is 16.5. The van der Waals surface area contributed by atoms with Crippen LogP contribution in [0.2, 0.25) is 5.02 Å². The van der Waals surface area contributed by atoms with Crippen molar-refractivity contribution >= 4 is 34.8 Å². The molecule has 0 saturated carbocycles. The van der Waals surface area contributed by atoms with Crippen LogP contribution in [0.1, 0.15) is 56.3 Å². The van der Waals surface area contributed by atoms with Crippen molar-refractivity contribution in [1.82, 2.24) is 4.98 Å². The first-order valence-electron chi connectivity index (χ1n) is 8.16. The molecule has 0 saturated heterocycles. The first-order chi connectivity index (χ1) is 12.6. The van der Waals surface area contributed by atoms with Crippen LogP contribution in [0.5, 0.6) is 5.75 Å². The maximum atomic E-state index is 12.7. The molecule has 7 nitrogen and oxygen atoms in total. The fraction of sp³-hybridized carbons (Fsp3) is 0.316. The minimum absolute atomic E-state index is 0.0557. The van der Waals surface area contributed by atoms with E-state index in [1.54, 1.807) is 13.8 Å². The van der Waals surface area contributed by atoms with Crippen molar-refractivity contribution in [2.45, 2.75) is 33.8 Å². The summed E-state index contributed by atoms with van der Waals surface area (Å²) in [6.07, 6.45) is -1.09. The molecular weight excluding hydrogens is 372 g/mol. The number of hydrogen-bond donors (Lipinski definition) is 2. The number of aromatic amines is 1. The summed E-state index contributed by atoms with van der Waals surface area (Å²) in [6, 6.07) is 2.73. The molecule has 8 heteroatoms. The highest BCUT2D eigenvalue weighted by Crippen LogP contribution is 2.30. The van der Waals surface area contributed by atoms with E-state index < -0.39 is 17.9 Å². The standard InChI is InChI=1S/C19H21ClN2O5/c1-8-16(10(3)23)9(2)22-17(8)18(24)11(4)27-19(25)12-6-13(20)14(21)7-15(12)26-5/h6-7,11,22H,21H2,1-5H3/t11-/m0/s1. The van der Waals surface area contributed by atoms with E-state index in [9.17, 15) is 14.4 Å². The lowest BCUT2D eigenvalue weighted by Gasteiger charge is -2.14. The fourth-order valence-corrected chi connectivity index (χ4v) is 3.07. The minimum Gasteiger partial charge on any atom is -0.496 e. The highest BCUT2D eigenvalue weighted by atomic mass is 35.5. The van der Waals surface area contributed by atoms with Crippen LogP contribution in [0, 0.1) is 13.8 Å². The predicted molar refractivity (Wildman–Crippen MR) is 102 cm³/mol. The van der Waals surface area contributed by atoms with Crippen LogP contribution < -0.4 is 10.5 Å². The number of aromatic nitrogens is 1. The molecule has 1 aromatic heterocycles. The number of methoxy groups -OCH3 is 1. The number of aryl methyl sites for hydroxylation is 1. The Morgan fingerprint density at radius 3 is 2.37 bits per heavy atom. The molecule has 3 N–H and O–H groups in total. The Labute approximate surface area is 161 Å². The molecule has 2 aromatic rings. The summed E-state index contributed by atoms with van der Waals surface area (Å²) < 4.78 is 10.4. The number of hydrogen-bond acceptors (Lipinski definition) is 6. The van der Waals surface area contributed by atoms with Gasteiger partial charge in [-0.2, -0.15) is 0 Å². The van der Waals surface area contributed by atoms with Gasteiger partial charge in [0.2, 0.25) is 5.78 Å². The number of nitrogens with two attached hydrogens (primary N) is 1. The number of ether oxygens (including phenoxy) is 2. The minimum atomic E-state index is -1.09. The molecule has 0 aliphatic carbocycles. The quantitative estimate of drug-likeness (QED) is 0.442. The molecule has 0 unspecified atom stereocenters. The molecule has 1 aromatic carbocycles. The Balaban J connectivity index is 2.27. The summed E-state index contributed by atoms with van der Waals surface area (Å²) in [6.45, 7) is 6.26. The fourth-order valence-electron chi connectivity index (χ4n) is 2.90. The molecule has 1 heterocycles. The first-order valence-corrected chi connectivity index (χ1v) is 8.54. The largest absolute Gasteiger partial charge is 0.496 e. The van der Waals surface area contributed by atoms with Crippen molar-refractivity contribution in [3.63, 3.8) is 0 Å². The maximum Gasteiger partial charge on any atom is 0.342 e. The summed E-state index contributed by atoms with van der Waals surface area (Å²) in [5, 5.41) is 0.170. The number of nitrogen functional groups attached to an aromatic ring is 1. The van der Waals surface area contributed by atoms with Gasteiger partial charge >= 0.3 is 5.97 Å². The lowest BCUT2D eigenvalue weighted by Crippen LogP contribution is -2.25. The second-order valence-corrected chi connectivity index (χ2v) is 6.57. The second kappa shape index (κ2) is 7.84. The van der Waals surface area contributed by atoms with E-state index >= 15 is 0 Å². The molecule has 0 aliphatic heterocycles. The Morgan fingerprint density at radius 2 is 1.85 bits per heavy atom. The van der Waals surface area contributed by atoms with Gasteiger partial charge in [-0.3, -0.25) is 9.59 Å². The smallest absolute Gasteiger partial charge is 0.342 e. The van der Waals surface area contributed by atoms with Gasteiger partial charge in [0.15, 0.2) is 11.9 Å². The van der Waals surface area contributed by atoms with Gasteiger partial charge in [0, 0.05) is 17.3 Å². The van der Waals surface area contributed by atoms with E-state index in [-0.39, 0.29) is 33.5 Å². The average Bonchev–Trinajstić information content (AvgIpc) is 2.90. The summed E-state index contributed by atoms with van der Waals surface area (Å²) in [7, 11) is 1.38. The van der Waals surface area contributed by atoms with Gasteiger partial charge in [-0.1, -0.05) is 11.6 Å². The van der Waals surface area contributed by atoms with Gasteiger partial charge in [-0.15, -0.1) is 0 Å². The van der Waals surface area contributed by atoms with Crippen molar-refractivity contribution in [2.75, 3.05) is 12.8 Å². The highest BCUT2D eigenvalue weighted by molar-refractivity contribution is 6.33. The number of rotatable bonds is 6. The Bertz CT molecular complexity index is 933. The van der Waals surface area contributed by atoms with Crippen LogP contribution in [-0.4, -0.2) is 35.7 Å². The van der Waals surface area contributed by atoms with Gasteiger partial charge in [-0.25, -0.2) is 4.79 Å². The third-order valence-electron chi connectivity index (χ3n) is 4.23. The SMILES string of the molecule is COc1cc(N)c(Cl)cc1C(=O)O[C@@H](C)C(=O)c1[nH]c(C)c(C(C)=O)c1C. The number of esters is 1. The van der Waals surface area contributed by atoms with E-state index in [0.717, 1.165) is 0 Å². The van der Waals surface area contributed by atoms with E-state index in [0.29, 0.717) is 16.8 Å². The number of benzene rings is 1. The normalized spacial score (nSPS) is 11.8. The number of anilines is 1. The lowest BCUT2D eigenvalue weighted by molar-refractivity contribution is 0.0314. The molecule has 0 fully saturated rings. The number of H-pyrrole nitrogens is 1. The van der Waals surface area contributed by atoms with Crippen molar-refractivity contribution < 1.29 is 23.9 Å². The number of carbonyl (C=O) groups excluding carboxylic acids is 3. The number of halogens is 1. The Hall–Kier alpha value is -2.80. The molecular formula is C19H21ClN2O5. The van der Waals surface area contributed by atoms with Gasteiger partial charge in [0.25, 0.3) is 0 Å². The topological polar surface area (TPSA) is 111 Å². The zero-order valence-electron chi connectivity index (χ0n) is 15.7. The third kappa shape index (κ3) is 3.98. The molecule has 0 bridgehead atoms. The van der Waals surface area contributed by atoms with Crippen LogP contribution in [0.25, 0.3) is 0 Å². The monoisotopic (exact) mass is 392 g/mol. The lowest BCUT2D eigenvalue weighted by atomic mass is 10.0. The van der Waals surface area contributed by atoms with Crippen molar-refractivity contribution in [3.05, 3.63) is 45.2 Å². The number of ketones is 2. The van der Waals surface area contributed by atoms with E-state index in [1.807, 2.05) is 0 Å². The molecule has 0 spiro atoms. The molecule has 0 radical (unpaired) electrons. The maximum absolute atomic E-state index is 12.7. The van der Waals surface area contributed by atoms with Crippen molar-refractivity contribution in [1.29, 1.82) is 0 Å². The number of carbonyl (C=O) groups is 3. The van der Waals surface area contributed by atoms with Crippen molar-refractivity contribution in [3.8, 4) is 5.75 Å². The van der Waals surface area contributed by atoms with Gasteiger partial charge in [0.05, 0.1) is 23.5 Å². The number of nitrogens with one attached hydrogen (secondary N) is 1. The summed E-state index contributed by atoms with van der Waals surface area (Å²) in [4.78, 5) is 39.8. The molecule has 2 rings (SSSR count). The average molecular weight is 393 g/mol. The van der Waals surface area contributed by atoms with E-state index in [1.165, 1.54) is 33.1 Å². The first kappa shape index (κ1) is 20.5. The molecule has 0 amide bonds. The Kier molecular flexibility index (Phi) is 5.95. The van der Waals surface area contributed by atoms with Crippen LogP contribution in [0.3, 0.4) is 0 Å². The van der Waals surface area contributed by atoms with Gasteiger partial charge < -0.3 is 20.2 Å². The third-order valence-corrected chi connectivity index (χ3v) is 4.56.